The molecule has 1 N–H and O–H groups in total. The Bertz CT molecular complexity index is 1190. The van der Waals surface area contributed by atoms with E-state index in [0.29, 0.717) is 28.2 Å². The Balaban J connectivity index is 2.27. The zero-order chi connectivity index (χ0) is 21.3. The van der Waals surface area contributed by atoms with E-state index in [4.69, 9.17) is 11.6 Å². The molecular formula is C22H24ClN3O3. The predicted molar refractivity (Wildman–Crippen MR) is 116 cm³/mol. The van der Waals surface area contributed by atoms with Crippen LogP contribution < -0.4 is 16.6 Å². The number of carbonyl (C=O) groups is 1. The van der Waals surface area contributed by atoms with Crippen molar-refractivity contribution >= 4 is 28.4 Å². The van der Waals surface area contributed by atoms with Gasteiger partial charge in [-0.15, -0.1) is 0 Å². The number of hydrogen-bond donors (Lipinski definition) is 1. The summed E-state index contributed by atoms with van der Waals surface area (Å²) in [5, 5.41) is 3.66. The quantitative estimate of drug-likeness (QED) is 0.696. The van der Waals surface area contributed by atoms with Gasteiger partial charge < -0.3 is 5.32 Å². The van der Waals surface area contributed by atoms with E-state index in [0.717, 1.165) is 10.1 Å². The third-order valence-corrected chi connectivity index (χ3v) is 5.27. The van der Waals surface area contributed by atoms with E-state index in [1.54, 1.807) is 49.4 Å². The molecule has 0 spiro atoms. The second-order valence-corrected chi connectivity index (χ2v) is 7.97. The minimum atomic E-state index is -0.793. The van der Waals surface area contributed by atoms with Gasteiger partial charge in [-0.05, 0) is 49.6 Å². The van der Waals surface area contributed by atoms with Gasteiger partial charge in [0.2, 0.25) is 5.91 Å². The van der Waals surface area contributed by atoms with Crippen LogP contribution in [0.2, 0.25) is 5.02 Å². The van der Waals surface area contributed by atoms with Gasteiger partial charge in [-0.3, -0.25) is 14.2 Å². The highest BCUT2D eigenvalue weighted by atomic mass is 35.5. The van der Waals surface area contributed by atoms with Crippen molar-refractivity contribution in [2.45, 2.75) is 33.7 Å². The van der Waals surface area contributed by atoms with E-state index in [-0.39, 0.29) is 11.8 Å². The predicted octanol–water partition coefficient (Wildman–Crippen LogP) is 3.45. The molecule has 1 amide bonds. The maximum atomic E-state index is 13.4. The Hall–Kier alpha value is -2.86. The molecule has 7 heteroatoms. The van der Waals surface area contributed by atoms with Crippen molar-refractivity contribution in [2.75, 3.05) is 6.54 Å². The molecule has 0 aliphatic carbocycles. The van der Waals surface area contributed by atoms with Crippen molar-refractivity contribution in [3.8, 4) is 5.69 Å². The summed E-state index contributed by atoms with van der Waals surface area (Å²) in [4.78, 5) is 39.2. The van der Waals surface area contributed by atoms with Gasteiger partial charge in [0.25, 0.3) is 5.56 Å². The van der Waals surface area contributed by atoms with E-state index in [1.165, 1.54) is 4.57 Å². The second-order valence-electron chi connectivity index (χ2n) is 7.56. The SMILES string of the molecule is Cc1ccc(-n2c(=O)c3ccccc3n([C@H](C)C(=O)NCC(C)C)c2=O)cc1Cl. The summed E-state index contributed by atoms with van der Waals surface area (Å²) in [5.41, 5.74) is 0.595. The van der Waals surface area contributed by atoms with Gasteiger partial charge in [0.1, 0.15) is 6.04 Å². The highest BCUT2D eigenvalue weighted by Gasteiger charge is 2.22. The number of halogens is 1. The molecule has 3 aromatic rings. The molecule has 3 rings (SSSR count). The van der Waals surface area contributed by atoms with E-state index in [2.05, 4.69) is 5.32 Å². The molecule has 0 aliphatic heterocycles. The lowest BCUT2D eigenvalue weighted by molar-refractivity contribution is -0.124. The van der Waals surface area contributed by atoms with Crippen LogP contribution in [0.1, 0.15) is 32.4 Å². The number of aromatic nitrogens is 2. The zero-order valence-electron chi connectivity index (χ0n) is 16.9. The third kappa shape index (κ3) is 3.98. The molecule has 0 saturated heterocycles. The lowest BCUT2D eigenvalue weighted by atomic mass is 10.2. The van der Waals surface area contributed by atoms with Gasteiger partial charge in [-0.2, -0.15) is 0 Å². The minimum Gasteiger partial charge on any atom is -0.354 e. The summed E-state index contributed by atoms with van der Waals surface area (Å²) < 4.78 is 2.43. The largest absolute Gasteiger partial charge is 0.354 e. The van der Waals surface area contributed by atoms with Gasteiger partial charge in [0.05, 0.1) is 16.6 Å². The van der Waals surface area contributed by atoms with Crippen LogP contribution in [-0.4, -0.2) is 21.6 Å². The van der Waals surface area contributed by atoms with Gasteiger partial charge >= 0.3 is 5.69 Å². The monoisotopic (exact) mass is 413 g/mol. The van der Waals surface area contributed by atoms with Crippen LogP contribution in [0, 0.1) is 12.8 Å². The first-order valence-electron chi connectivity index (χ1n) is 9.53. The van der Waals surface area contributed by atoms with Crippen molar-refractivity contribution in [2.24, 2.45) is 5.92 Å². The summed E-state index contributed by atoms with van der Waals surface area (Å²) in [6, 6.07) is 11.0. The number of amides is 1. The van der Waals surface area contributed by atoms with Gasteiger partial charge in [0, 0.05) is 11.6 Å². The smallest absolute Gasteiger partial charge is 0.336 e. The van der Waals surface area contributed by atoms with Crippen LogP contribution in [0.3, 0.4) is 0 Å². The number of hydrogen-bond acceptors (Lipinski definition) is 3. The number of rotatable bonds is 5. The highest BCUT2D eigenvalue weighted by Crippen LogP contribution is 2.19. The summed E-state index contributed by atoms with van der Waals surface area (Å²) >= 11 is 6.22. The fourth-order valence-electron chi connectivity index (χ4n) is 3.18. The molecule has 6 nitrogen and oxygen atoms in total. The molecule has 2 aromatic carbocycles. The van der Waals surface area contributed by atoms with Crippen LogP contribution in [0.15, 0.2) is 52.1 Å². The molecule has 1 aromatic heterocycles. The van der Waals surface area contributed by atoms with Crippen molar-refractivity contribution < 1.29 is 4.79 Å². The van der Waals surface area contributed by atoms with Gasteiger partial charge in [-0.1, -0.05) is 43.6 Å². The summed E-state index contributed by atoms with van der Waals surface area (Å²) in [5.74, 6) is 0.00126. The molecule has 1 heterocycles. The molecule has 0 radical (unpaired) electrons. The van der Waals surface area contributed by atoms with Crippen molar-refractivity contribution in [3.63, 3.8) is 0 Å². The highest BCUT2D eigenvalue weighted by molar-refractivity contribution is 6.31. The first kappa shape index (κ1) is 20.9. The second kappa shape index (κ2) is 8.25. The number of fused-ring (bicyclic) bond motifs is 1. The summed E-state index contributed by atoms with van der Waals surface area (Å²) in [6.07, 6.45) is 0. The van der Waals surface area contributed by atoms with E-state index in [9.17, 15) is 14.4 Å². The standard InChI is InChI=1S/C22H24ClN3O3/c1-13(2)12-24-20(27)15(4)25-19-8-6-5-7-17(19)21(28)26(22(25)29)16-10-9-14(3)18(23)11-16/h5-11,13,15H,12H2,1-4H3,(H,24,27)/t15-/m1/s1. The Labute approximate surface area is 173 Å². The molecule has 0 unspecified atom stereocenters. The lowest BCUT2D eigenvalue weighted by Crippen LogP contribution is -2.44. The van der Waals surface area contributed by atoms with Crippen molar-refractivity contribution in [3.05, 3.63) is 73.9 Å². The van der Waals surface area contributed by atoms with E-state index >= 15 is 0 Å². The number of benzene rings is 2. The van der Waals surface area contributed by atoms with Crippen molar-refractivity contribution in [1.82, 2.24) is 14.5 Å². The normalized spacial score (nSPS) is 12.3. The van der Waals surface area contributed by atoms with Crippen LogP contribution in [0.5, 0.6) is 0 Å². The first-order valence-corrected chi connectivity index (χ1v) is 9.90. The Kier molecular flexibility index (Phi) is 5.94. The first-order chi connectivity index (χ1) is 13.7. The van der Waals surface area contributed by atoms with Crippen LogP contribution in [0.4, 0.5) is 0 Å². The van der Waals surface area contributed by atoms with Gasteiger partial charge in [-0.25, -0.2) is 9.36 Å². The Morgan fingerprint density at radius 1 is 1.10 bits per heavy atom. The number of aryl methyl sites for hydroxylation is 1. The molecule has 152 valence electrons. The fourth-order valence-corrected chi connectivity index (χ4v) is 3.35. The fraction of sp³-hybridized carbons (Fsp3) is 0.318. The zero-order valence-corrected chi connectivity index (χ0v) is 17.7. The van der Waals surface area contributed by atoms with Crippen LogP contribution >= 0.6 is 11.6 Å². The third-order valence-electron chi connectivity index (χ3n) is 4.86. The average Bonchev–Trinajstić information content (AvgIpc) is 2.68. The van der Waals surface area contributed by atoms with Crippen LogP contribution in [0.25, 0.3) is 16.6 Å². The molecule has 0 aliphatic rings. The van der Waals surface area contributed by atoms with E-state index < -0.39 is 17.3 Å². The van der Waals surface area contributed by atoms with Gasteiger partial charge in [0.15, 0.2) is 0 Å². The molecular weight excluding hydrogens is 390 g/mol. The Morgan fingerprint density at radius 3 is 2.45 bits per heavy atom. The summed E-state index contributed by atoms with van der Waals surface area (Å²) in [6.45, 7) is 7.99. The van der Waals surface area contributed by atoms with Crippen molar-refractivity contribution in [1.29, 1.82) is 0 Å². The molecule has 0 saturated carbocycles. The molecule has 0 bridgehead atoms. The summed E-state index contributed by atoms with van der Waals surface area (Å²) in [7, 11) is 0. The molecule has 0 fully saturated rings. The topological polar surface area (TPSA) is 73.1 Å². The maximum Gasteiger partial charge on any atom is 0.336 e. The molecule has 29 heavy (non-hydrogen) atoms. The number of nitrogens with one attached hydrogen (secondary N) is 1. The number of para-hydroxylation sites is 1. The average molecular weight is 414 g/mol. The lowest BCUT2D eigenvalue weighted by Gasteiger charge is -2.20. The minimum absolute atomic E-state index is 0.280. The number of carbonyl (C=O) groups excluding carboxylic acids is 1. The molecule has 1 atom stereocenters. The maximum absolute atomic E-state index is 13.4. The Morgan fingerprint density at radius 2 is 1.79 bits per heavy atom. The van der Waals surface area contributed by atoms with E-state index in [1.807, 2.05) is 20.8 Å². The van der Waals surface area contributed by atoms with Crippen LogP contribution in [-0.2, 0) is 4.79 Å². The number of nitrogens with zero attached hydrogens (tertiary/aromatic N) is 2.